The summed E-state index contributed by atoms with van der Waals surface area (Å²) in [5, 5.41) is 11.5. The number of likely N-dealkylation sites (tertiary alicyclic amines) is 1. The number of amides is 1. The summed E-state index contributed by atoms with van der Waals surface area (Å²) >= 11 is 6.18. The molecule has 4 rings (SSSR count). The molecule has 1 aliphatic rings. The molecule has 0 aliphatic carbocycles. The van der Waals surface area contributed by atoms with Crippen molar-refractivity contribution in [2.45, 2.75) is 12.6 Å². The van der Waals surface area contributed by atoms with Gasteiger partial charge in [0.05, 0.1) is 24.4 Å². The van der Waals surface area contributed by atoms with Crippen LogP contribution in [-0.2, 0) is 16.1 Å². The van der Waals surface area contributed by atoms with Gasteiger partial charge in [-0.3, -0.25) is 9.59 Å². The molecule has 162 valence electrons. The minimum absolute atomic E-state index is 0.0106. The molecule has 1 saturated heterocycles. The summed E-state index contributed by atoms with van der Waals surface area (Å²) in [7, 11) is 0. The lowest BCUT2D eigenvalue weighted by molar-refractivity contribution is -0.140. The fraction of sp³-hybridized carbons (Fsp3) is 0.120. The lowest BCUT2D eigenvalue weighted by Gasteiger charge is -2.24. The highest BCUT2D eigenvalue weighted by atomic mass is 35.5. The second-order valence-electron chi connectivity index (χ2n) is 7.19. The maximum atomic E-state index is 13.0. The zero-order valence-electron chi connectivity index (χ0n) is 17.0. The first-order chi connectivity index (χ1) is 15.5. The molecule has 3 aromatic rings. The number of hydrogen-bond donors (Lipinski definition) is 1. The number of Topliss-reactive ketones (excluding diaryl/α,β-unsaturated/α-hetero) is 1. The van der Waals surface area contributed by atoms with Crippen LogP contribution in [0.1, 0.15) is 22.9 Å². The van der Waals surface area contributed by atoms with Crippen LogP contribution in [0.15, 0.2) is 89.6 Å². The molecule has 1 atom stereocenters. The minimum atomic E-state index is -0.824. The highest BCUT2D eigenvalue weighted by Crippen LogP contribution is 2.41. The molecule has 1 amide bonds. The Morgan fingerprint density at radius 3 is 2.59 bits per heavy atom. The number of carbonyl (C=O) groups is 2. The minimum Gasteiger partial charge on any atom is -0.507 e. The average molecular weight is 450 g/mol. The maximum absolute atomic E-state index is 13.0. The second kappa shape index (κ2) is 9.16. The molecule has 0 radical (unpaired) electrons. The molecule has 2 heterocycles. The lowest BCUT2D eigenvalue weighted by atomic mass is 9.95. The number of nitrogens with zero attached hydrogens (tertiary/aromatic N) is 1. The number of aliphatic hydroxyl groups is 1. The summed E-state index contributed by atoms with van der Waals surface area (Å²) in [4.78, 5) is 27.3. The number of ether oxygens (including phenoxy) is 1. The number of aliphatic hydroxyl groups excluding tert-OH is 1. The summed E-state index contributed by atoms with van der Waals surface area (Å²) in [6.07, 6.45) is 3.12. The molecular weight excluding hydrogens is 430 g/mol. The van der Waals surface area contributed by atoms with Crippen LogP contribution < -0.4 is 4.74 Å². The van der Waals surface area contributed by atoms with Crippen molar-refractivity contribution in [1.29, 1.82) is 0 Å². The van der Waals surface area contributed by atoms with E-state index in [0.717, 1.165) is 0 Å². The second-order valence-corrected chi connectivity index (χ2v) is 7.62. The van der Waals surface area contributed by atoms with Crippen molar-refractivity contribution in [2.75, 3.05) is 6.61 Å². The van der Waals surface area contributed by atoms with Crippen LogP contribution in [0, 0.1) is 0 Å². The van der Waals surface area contributed by atoms with Crippen molar-refractivity contribution in [3.8, 4) is 5.75 Å². The number of hydrogen-bond acceptors (Lipinski definition) is 5. The monoisotopic (exact) mass is 449 g/mol. The van der Waals surface area contributed by atoms with Crippen LogP contribution in [0.2, 0.25) is 5.02 Å². The van der Waals surface area contributed by atoms with Crippen LogP contribution >= 0.6 is 11.6 Å². The number of benzene rings is 2. The SMILES string of the molecule is C=CCOc1ccc(/C(O)=C2\C(=O)C(=O)N(Cc3ccco3)C2c2cccc(Cl)c2)cc1. The third-order valence-electron chi connectivity index (χ3n) is 5.11. The van der Waals surface area contributed by atoms with Gasteiger partial charge in [-0.2, -0.15) is 0 Å². The molecule has 1 fully saturated rings. The fourth-order valence-corrected chi connectivity index (χ4v) is 3.86. The quantitative estimate of drug-likeness (QED) is 0.234. The average Bonchev–Trinajstić information content (AvgIpc) is 3.40. The molecule has 32 heavy (non-hydrogen) atoms. The third-order valence-corrected chi connectivity index (χ3v) is 5.34. The summed E-state index contributed by atoms with van der Waals surface area (Å²) in [6, 6.07) is 16.1. The Balaban J connectivity index is 1.79. The van der Waals surface area contributed by atoms with E-state index in [1.165, 1.54) is 11.2 Å². The van der Waals surface area contributed by atoms with Crippen molar-refractivity contribution in [1.82, 2.24) is 4.90 Å². The third kappa shape index (κ3) is 4.18. The van der Waals surface area contributed by atoms with Gasteiger partial charge in [-0.1, -0.05) is 36.4 Å². The Hall–Kier alpha value is -3.77. The van der Waals surface area contributed by atoms with Crippen LogP contribution in [-0.4, -0.2) is 28.3 Å². The fourth-order valence-electron chi connectivity index (χ4n) is 3.66. The van der Waals surface area contributed by atoms with Gasteiger partial charge in [-0.25, -0.2) is 0 Å². The smallest absolute Gasteiger partial charge is 0.296 e. The van der Waals surface area contributed by atoms with E-state index in [4.69, 9.17) is 20.8 Å². The summed E-state index contributed by atoms with van der Waals surface area (Å²) in [6.45, 7) is 4.02. The topological polar surface area (TPSA) is 80.0 Å². The van der Waals surface area contributed by atoms with Crippen molar-refractivity contribution in [3.63, 3.8) is 0 Å². The van der Waals surface area contributed by atoms with Gasteiger partial charge in [0.25, 0.3) is 11.7 Å². The molecule has 0 saturated carbocycles. The van der Waals surface area contributed by atoms with Crippen LogP contribution in [0.25, 0.3) is 5.76 Å². The number of ketones is 1. The van der Waals surface area contributed by atoms with Crippen molar-refractivity contribution in [2.24, 2.45) is 0 Å². The van der Waals surface area contributed by atoms with E-state index in [1.807, 2.05) is 0 Å². The van der Waals surface area contributed by atoms with Gasteiger partial charge in [0.2, 0.25) is 0 Å². The molecular formula is C25H20ClNO5. The Bertz CT molecular complexity index is 1180. The van der Waals surface area contributed by atoms with E-state index in [9.17, 15) is 14.7 Å². The molecule has 1 N–H and O–H groups in total. The first-order valence-corrected chi connectivity index (χ1v) is 10.3. The van der Waals surface area contributed by atoms with Crippen molar-refractivity contribution in [3.05, 3.63) is 107 Å². The molecule has 1 aliphatic heterocycles. The molecule has 1 unspecified atom stereocenters. The number of carbonyl (C=O) groups excluding carboxylic acids is 2. The van der Waals surface area contributed by atoms with E-state index in [2.05, 4.69) is 6.58 Å². The predicted molar refractivity (Wildman–Crippen MR) is 120 cm³/mol. The largest absolute Gasteiger partial charge is 0.507 e. The maximum Gasteiger partial charge on any atom is 0.296 e. The summed E-state index contributed by atoms with van der Waals surface area (Å²) in [5.41, 5.74) is 0.985. The van der Waals surface area contributed by atoms with E-state index in [0.29, 0.717) is 34.3 Å². The molecule has 0 spiro atoms. The van der Waals surface area contributed by atoms with Crippen molar-refractivity contribution < 1.29 is 23.8 Å². The summed E-state index contributed by atoms with van der Waals surface area (Å²) < 4.78 is 10.8. The number of halogens is 1. The zero-order chi connectivity index (χ0) is 22.7. The lowest BCUT2D eigenvalue weighted by Crippen LogP contribution is -2.29. The predicted octanol–water partition coefficient (Wildman–Crippen LogP) is 5.12. The normalized spacial score (nSPS) is 17.5. The Morgan fingerprint density at radius 1 is 1.16 bits per heavy atom. The molecule has 7 heteroatoms. The highest BCUT2D eigenvalue weighted by molar-refractivity contribution is 6.46. The molecule has 6 nitrogen and oxygen atoms in total. The van der Waals surface area contributed by atoms with Gasteiger partial charge >= 0.3 is 0 Å². The zero-order valence-corrected chi connectivity index (χ0v) is 17.8. The van der Waals surface area contributed by atoms with Gasteiger partial charge < -0.3 is 19.2 Å². The van der Waals surface area contributed by atoms with Crippen LogP contribution in [0.5, 0.6) is 5.75 Å². The number of furan rings is 1. The molecule has 0 bridgehead atoms. The van der Waals surface area contributed by atoms with Crippen LogP contribution in [0.4, 0.5) is 0 Å². The Kier molecular flexibility index (Phi) is 6.14. The van der Waals surface area contributed by atoms with Crippen molar-refractivity contribution >= 4 is 29.1 Å². The first-order valence-electron chi connectivity index (χ1n) is 9.90. The van der Waals surface area contributed by atoms with Gasteiger partial charge in [0.1, 0.15) is 23.9 Å². The van der Waals surface area contributed by atoms with Gasteiger partial charge in [0.15, 0.2) is 0 Å². The van der Waals surface area contributed by atoms with E-state index < -0.39 is 17.7 Å². The van der Waals surface area contributed by atoms with Crippen LogP contribution in [0.3, 0.4) is 0 Å². The van der Waals surface area contributed by atoms with E-state index in [-0.39, 0.29) is 17.9 Å². The summed E-state index contributed by atoms with van der Waals surface area (Å²) in [5.74, 6) is -0.663. The van der Waals surface area contributed by atoms with E-state index in [1.54, 1.807) is 66.7 Å². The standard InChI is InChI=1S/C25H20ClNO5/c1-2-12-31-19-10-8-16(9-11-19)23(28)21-22(17-5-3-6-18(26)14-17)27(25(30)24(21)29)15-20-7-4-13-32-20/h2-11,13-14,22,28H,1,12,15H2/b23-21+. The molecule has 1 aromatic heterocycles. The Morgan fingerprint density at radius 2 is 1.94 bits per heavy atom. The molecule has 2 aromatic carbocycles. The van der Waals surface area contributed by atoms with Gasteiger partial charge in [-0.05, 0) is 54.1 Å². The van der Waals surface area contributed by atoms with Gasteiger partial charge in [-0.15, -0.1) is 0 Å². The highest BCUT2D eigenvalue weighted by Gasteiger charge is 2.46. The number of rotatable bonds is 7. The first kappa shape index (κ1) is 21.5. The van der Waals surface area contributed by atoms with Gasteiger partial charge in [0, 0.05) is 10.6 Å². The Labute approximate surface area is 190 Å². The van der Waals surface area contributed by atoms with E-state index >= 15 is 0 Å².